The van der Waals surface area contributed by atoms with E-state index in [1.807, 2.05) is 40.1 Å². The van der Waals surface area contributed by atoms with Crippen molar-refractivity contribution in [1.29, 1.82) is 0 Å². The van der Waals surface area contributed by atoms with Gasteiger partial charge in [0.15, 0.2) is 0 Å². The summed E-state index contributed by atoms with van der Waals surface area (Å²) >= 11 is 0. The van der Waals surface area contributed by atoms with Gasteiger partial charge in [-0.2, -0.15) is 0 Å². The van der Waals surface area contributed by atoms with Gasteiger partial charge in [-0.3, -0.25) is 0 Å². The topological polar surface area (TPSA) is 42.1 Å². The van der Waals surface area contributed by atoms with Crippen molar-refractivity contribution >= 4 is 5.82 Å². The lowest BCUT2D eigenvalue weighted by molar-refractivity contribution is 0.315. The monoisotopic (exact) mass is 195 g/mol. The van der Waals surface area contributed by atoms with Crippen molar-refractivity contribution in [3.8, 4) is 0 Å². The molecule has 0 aromatic carbocycles. The highest BCUT2D eigenvalue weighted by Crippen LogP contribution is 2.15. The molecule has 80 valence electrons. The van der Waals surface area contributed by atoms with Crippen LogP contribution in [0.3, 0.4) is 0 Å². The van der Waals surface area contributed by atoms with E-state index in [0.29, 0.717) is 11.9 Å². The molecule has 0 aliphatic heterocycles. The molecule has 3 nitrogen and oxygen atoms in total. The third-order valence-electron chi connectivity index (χ3n) is 1.99. The van der Waals surface area contributed by atoms with Crippen LogP contribution in [0.2, 0.25) is 0 Å². The first-order valence-electron chi connectivity index (χ1n) is 5.00. The molecule has 3 heteroatoms. The summed E-state index contributed by atoms with van der Waals surface area (Å²) < 4.78 is 0. The zero-order chi connectivity index (χ0) is 11.1. The van der Waals surface area contributed by atoms with Gasteiger partial charge in [0.05, 0.1) is 5.69 Å². The first-order valence-corrected chi connectivity index (χ1v) is 5.00. The molecule has 1 rings (SSSR count). The average Bonchev–Trinajstić information content (AvgIpc) is 2.19. The largest absolute Gasteiger partial charge is 0.384 e. The molecule has 14 heavy (non-hydrogen) atoms. The Hall–Kier alpha value is -1.09. The van der Waals surface area contributed by atoms with Crippen molar-refractivity contribution in [3.63, 3.8) is 0 Å². The van der Waals surface area contributed by atoms with Gasteiger partial charge < -0.3 is 10.6 Å². The number of hydrogen-bond acceptors (Lipinski definition) is 3. The molecule has 0 amide bonds. The maximum Gasteiger partial charge on any atom is 0.123 e. The number of nitrogen functional groups attached to an aromatic ring is 1. The van der Waals surface area contributed by atoms with Crippen molar-refractivity contribution in [1.82, 2.24) is 9.88 Å². The highest BCUT2D eigenvalue weighted by atomic mass is 15.1. The fraction of sp³-hybridized carbons (Fsp3) is 0.545. The number of hydrogen-bond donors (Lipinski definition) is 1. The molecule has 0 radical (unpaired) electrons. The second-order valence-electron chi connectivity index (χ2n) is 3.13. The van der Waals surface area contributed by atoms with Crippen LogP contribution in [0.4, 0.5) is 5.82 Å². The van der Waals surface area contributed by atoms with Crippen molar-refractivity contribution in [2.75, 3.05) is 19.8 Å². The molecule has 0 bridgehead atoms. The number of rotatable bonds is 2. The van der Waals surface area contributed by atoms with Crippen LogP contribution in [-0.4, -0.2) is 24.0 Å². The Balaban J connectivity index is 0.000000791. The molecule has 1 unspecified atom stereocenters. The first kappa shape index (κ1) is 12.9. The van der Waals surface area contributed by atoms with Gasteiger partial charge in [-0.1, -0.05) is 19.9 Å². The van der Waals surface area contributed by atoms with Gasteiger partial charge in [0.1, 0.15) is 5.82 Å². The van der Waals surface area contributed by atoms with Crippen LogP contribution in [0.25, 0.3) is 0 Å². The number of nitrogens with zero attached hydrogens (tertiary/aromatic N) is 2. The second-order valence-corrected chi connectivity index (χ2v) is 3.13. The van der Waals surface area contributed by atoms with E-state index in [9.17, 15) is 0 Å². The van der Waals surface area contributed by atoms with Gasteiger partial charge in [-0.25, -0.2) is 4.98 Å². The molecule has 2 N–H and O–H groups in total. The van der Waals surface area contributed by atoms with E-state index in [1.54, 1.807) is 6.07 Å². The van der Waals surface area contributed by atoms with Gasteiger partial charge in [0.2, 0.25) is 0 Å². The fourth-order valence-electron chi connectivity index (χ4n) is 0.966. The SMILES string of the molecule is CC.CC(c1cccc(N)n1)N(C)C. The van der Waals surface area contributed by atoms with E-state index in [4.69, 9.17) is 5.73 Å². The second kappa shape index (κ2) is 6.38. The molecule has 1 atom stereocenters. The molecular weight excluding hydrogens is 174 g/mol. The maximum absolute atomic E-state index is 5.57. The van der Waals surface area contributed by atoms with Gasteiger partial charge in [0, 0.05) is 6.04 Å². The summed E-state index contributed by atoms with van der Waals surface area (Å²) in [6.07, 6.45) is 0. The Morgan fingerprint density at radius 1 is 1.29 bits per heavy atom. The van der Waals surface area contributed by atoms with Crippen molar-refractivity contribution < 1.29 is 0 Å². The average molecular weight is 195 g/mol. The predicted molar refractivity (Wildman–Crippen MR) is 62.1 cm³/mol. The van der Waals surface area contributed by atoms with Crippen LogP contribution in [0, 0.1) is 0 Å². The fourth-order valence-corrected chi connectivity index (χ4v) is 0.966. The standard InChI is InChI=1S/C9H15N3.C2H6/c1-7(12(2)3)8-5-4-6-9(10)11-8;1-2/h4-7H,1-3H3,(H2,10,11);1-2H3. The van der Waals surface area contributed by atoms with Crippen LogP contribution in [-0.2, 0) is 0 Å². The van der Waals surface area contributed by atoms with E-state index in [1.165, 1.54) is 0 Å². The Labute approximate surface area is 86.9 Å². The normalized spacial score (nSPS) is 11.9. The van der Waals surface area contributed by atoms with Crippen LogP contribution in [0.15, 0.2) is 18.2 Å². The summed E-state index contributed by atoms with van der Waals surface area (Å²) in [5.74, 6) is 0.584. The highest BCUT2D eigenvalue weighted by molar-refractivity contribution is 5.29. The number of aromatic nitrogens is 1. The molecule has 0 aliphatic rings. The Morgan fingerprint density at radius 3 is 2.29 bits per heavy atom. The minimum absolute atomic E-state index is 0.313. The summed E-state index contributed by atoms with van der Waals surface area (Å²) in [6, 6.07) is 6.03. The number of nitrogens with two attached hydrogens (primary N) is 1. The predicted octanol–water partition coefficient (Wildman–Crippen LogP) is 2.31. The van der Waals surface area contributed by atoms with E-state index in [-0.39, 0.29) is 0 Å². The minimum atomic E-state index is 0.313. The summed E-state index contributed by atoms with van der Waals surface area (Å²) in [6.45, 7) is 6.10. The molecular formula is C11H21N3. The lowest BCUT2D eigenvalue weighted by Gasteiger charge is -2.18. The molecule has 1 aromatic heterocycles. The van der Waals surface area contributed by atoms with Crippen molar-refractivity contribution in [2.24, 2.45) is 0 Å². The lowest BCUT2D eigenvalue weighted by atomic mass is 10.2. The van der Waals surface area contributed by atoms with Gasteiger partial charge in [0.25, 0.3) is 0 Å². The van der Waals surface area contributed by atoms with Crippen LogP contribution in [0.1, 0.15) is 32.5 Å². The quantitative estimate of drug-likeness (QED) is 0.787. The van der Waals surface area contributed by atoms with Crippen LogP contribution < -0.4 is 5.73 Å². The third kappa shape index (κ3) is 3.75. The van der Waals surface area contributed by atoms with Gasteiger partial charge >= 0.3 is 0 Å². The molecule has 0 spiro atoms. The number of pyridine rings is 1. The smallest absolute Gasteiger partial charge is 0.123 e. The highest BCUT2D eigenvalue weighted by Gasteiger charge is 2.08. The molecule has 1 aromatic rings. The third-order valence-corrected chi connectivity index (χ3v) is 1.99. The van der Waals surface area contributed by atoms with Crippen molar-refractivity contribution in [2.45, 2.75) is 26.8 Å². The van der Waals surface area contributed by atoms with E-state index >= 15 is 0 Å². The van der Waals surface area contributed by atoms with Crippen LogP contribution in [0.5, 0.6) is 0 Å². The zero-order valence-electron chi connectivity index (χ0n) is 9.78. The van der Waals surface area contributed by atoms with E-state index < -0.39 is 0 Å². The van der Waals surface area contributed by atoms with Gasteiger partial charge in [-0.15, -0.1) is 0 Å². The Morgan fingerprint density at radius 2 is 1.86 bits per heavy atom. The Bertz CT molecular complexity index is 258. The van der Waals surface area contributed by atoms with E-state index in [0.717, 1.165) is 5.69 Å². The minimum Gasteiger partial charge on any atom is -0.384 e. The zero-order valence-corrected chi connectivity index (χ0v) is 9.78. The molecule has 0 saturated carbocycles. The molecule has 1 heterocycles. The summed E-state index contributed by atoms with van der Waals surface area (Å²) in [5, 5.41) is 0. The number of anilines is 1. The maximum atomic E-state index is 5.57. The summed E-state index contributed by atoms with van der Waals surface area (Å²) in [4.78, 5) is 6.33. The summed E-state index contributed by atoms with van der Waals surface area (Å²) in [7, 11) is 4.05. The van der Waals surface area contributed by atoms with E-state index in [2.05, 4.69) is 16.8 Å². The van der Waals surface area contributed by atoms with Gasteiger partial charge in [-0.05, 0) is 33.2 Å². The molecule has 0 fully saturated rings. The van der Waals surface area contributed by atoms with Crippen molar-refractivity contribution in [3.05, 3.63) is 23.9 Å². The Kier molecular flexibility index (Phi) is 5.88. The first-order chi connectivity index (χ1) is 6.61. The molecule has 0 saturated heterocycles. The summed E-state index contributed by atoms with van der Waals surface area (Å²) in [5.41, 5.74) is 6.58. The molecule has 0 aliphatic carbocycles. The lowest BCUT2D eigenvalue weighted by Crippen LogP contribution is -2.18. The van der Waals surface area contributed by atoms with Crippen LogP contribution >= 0.6 is 0 Å².